The maximum atomic E-state index is 11.1. The van der Waals surface area contributed by atoms with Gasteiger partial charge in [0.05, 0.1) is 12.3 Å². The topological polar surface area (TPSA) is 46.5 Å². The highest BCUT2D eigenvalue weighted by molar-refractivity contribution is 5.69. The summed E-state index contributed by atoms with van der Waals surface area (Å²) in [5.41, 5.74) is 2.90. The van der Waals surface area contributed by atoms with E-state index < -0.39 is 5.97 Å². The largest absolute Gasteiger partial charge is 0.489 e. The van der Waals surface area contributed by atoms with E-state index >= 15 is 0 Å². The molecule has 0 aliphatic heterocycles. The molecule has 2 aliphatic carbocycles. The Hall–Kier alpha value is -2.21. The van der Waals surface area contributed by atoms with Crippen molar-refractivity contribution in [3.63, 3.8) is 0 Å². The molecule has 1 aromatic carbocycles. The van der Waals surface area contributed by atoms with Crippen LogP contribution in [0.4, 0.5) is 0 Å². The van der Waals surface area contributed by atoms with Crippen molar-refractivity contribution in [2.45, 2.75) is 77.0 Å². The number of aliphatic carboxylic acids is 1. The van der Waals surface area contributed by atoms with Crippen molar-refractivity contribution in [3.05, 3.63) is 41.5 Å². The molecule has 1 aromatic rings. The molecule has 1 atom stereocenters. The molecule has 1 N–H and O–H groups in total. The lowest BCUT2D eigenvalue weighted by Crippen LogP contribution is -2.25. The van der Waals surface area contributed by atoms with Gasteiger partial charge in [-0.05, 0) is 67.7 Å². The van der Waals surface area contributed by atoms with Crippen molar-refractivity contribution in [1.29, 1.82) is 0 Å². The van der Waals surface area contributed by atoms with E-state index in [0.29, 0.717) is 12.0 Å². The number of carbonyl (C=O) groups is 1. The summed E-state index contributed by atoms with van der Waals surface area (Å²) in [6.07, 6.45) is 14.4. The van der Waals surface area contributed by atoms with E-state index in [2.05, 4.69) is 17.9 Å². The van der Waals surface area contributed by atoms with Crippen molar-refractivity contribution in [1.82, 2.24) is 0 Å². The summed E-state index contributed by atoms with van der Waals surface area (Å²) in [6, 6.07) is 7.75. The number of hydrogen-bond donors (Lipinski definition) is 1. The van der Waals surface area contributed by atoms with Gasteiger partial charge in [-0.15, -0.1) is 5.92 Å². The van der Waals surface area contributed by atoms with Crippen molar-refractivity contribution in [3.8, 4) is 17.6 Å². The molecule has 3 nitrogen and oxygen atoms in total. The van der Waals surface area contributed by atoms with Gasteiger partial charge in [0.1, 0.15) is 12.4 Å². The van der Waals surface area contributed by atoms with E-state index in [0.717, 1.165) is 11.3 Å². The number of hydrogen-bond acceptors (Lipinski definition) is 2. The first-order valence-electron chi connectivity index (χ1n) is 10.6. The molecule has 28 heavy (non-hydrogen) atoms. The molecular weight excluding hydrogens is 348 g/mol. The van der Waals surface area contributed by atoms with Gasteiger partial charge < -0.3 is 9.84 Å². The Morgan fingerprint density at radius 3 is 2.50 bits per heavy atom. The Bertz CT molecular complexity index is 740. The molecule has 0 heterocycles. The van der Waals surface area contributed by atoms with Gasteiger partial charge in [-0.1, -0.05) is 49.8 Å². The van der Waals surface area contributed by atoms with E-state index in [1.165, 1.54) is 63.4 Å². The molecular formula is C25H32O3. The van der Waals surface area contributed by atoms with E-state index in [9.17, 15) is 4.79 Å². The summed E-state index contributed by atoms with van der Waals surface area (Å²) in [7, 11) is 0. The minimum Gasteiger partial charge on any atom is -0.489 e. The summed E-state index contributed by atoms with van der Waals surface area (Å²) in [5.74, 6) is 5.56. The highest BCUT2D eigenvalue weighted by Crippen LogP contribution is 2.46. The summed E-state index contributed by atoms with van der Waals surface area (Å²) < 4.78 is 6.07. The molecule has 1 spiro atoms. The van der Waals surface area contributed by atoms with Crippen LogP contribution in [0.15, 0.2) is 35.9 Å². The lowest BCUT2D eigenvalue weighted by molar-refractivity contribution is -0.137. The maximum absolute atomic E-state index is 11.1. The third kappa shape index (κ3) is 5.64. The fraction of sp³-hybridized carbons (Fsp3) is 0.560. The molecule has 3 rings (SSSR count). The molecule has 0 radical (unpaired) electrons. The summed E-state index contributed by atoms with van der Waals surface area (Å²) >= 11 is 0. The number of benzene rings is 1. The first kappa shape index (κ1) is 20.5. The van der Waals surface area contributed by atoms with Gasteiger partial charge >= 0.3 is 5.97 Å². The SMILES string of the molecule is CC#CC(CC(=O)O)c1ccc(OCC2=CCCC3(CCCCCC3)C2)cc1. The van der Waals surface area contributed by atoms with Crippen molar-refractivity contribution >= 4 is 5.97 Å². The van der Waals surface area contributed by atoms with Crippen molar-refractivity contribution in [2.75, 3.05) is 6.61 Å². The van der Waals surface area contributed by atoms with E-state index in [4.69, 9.17) is 9.84 Å². The van der Waals surface area contributed by atoms with Crippen LogP contribution in [0.25, 0.3) is 0 Å². The molecule has 1 unspecified atom stereocenters. The lowest BCUT2D eigenvalue weighted by Gasteiger charge is -2.36. The average molecular weight is 381 g/mol. The number of rotatable bonds is 6. The molecule has 0 saturated heterocycles. The van der Waals surface area contributed by atoms with E-state index in [-0.39, 0.29) is 12.3 Å². The lowest BCUT2D eigenvalue weighted by atomic mass is 9.69. The van der Waals surface area contributed by atoms with Crippen LogP contribution < -0.4 is 4.74 Å². The van der Waals surface area contributed by atoms with Gasteiger partial charge in [0, 0.05) is 0 Å². The predicted molar refractivity (Wildman–Crippen MR) is 112 cm³/mol. The molecule has 0 aromatic heterocycles. The highest BCUT2D eigenvalue weighted by Gasteiger charge is 2.33. The number of allylic oxidation sites excluding steroid dienone is 1. The monoisotopic (exact) mass is 380 g/mol. The average Bonchev–Trinajstić information content (AvgIpc) is 2.91. The van der Waals surface area contributed by atoms with Crippen LogP contribution in [0.3, 0.4) is 0 Å². The van der Waals surface area contributed by atoms with Crippen molar-refractivity contribution < 1.29 is 14.6 Å². The number of ether oxygens (including phenoxy) is 1. The van der Waals surface area contributed by atoms with Gasteiger partial charge in [0.15, 0.2) is 0 Å². The molecule has 1 fully saturated rings. The first-order valence-corrected chi connectivity index (χ1v) is 10.6. The zero-order valence-electron chi connectivity index (χ0n) is 17.0. The predicted octanol–water partition coefficient (Wildman–Crippen LogP) is 6.10. The van der Waals surface area contributed by atoms with Crippen LogP contribution in [0, 0.1) is 17.3 Å². The zero-order chi connectivity index (χ0) is 19.8. The fourth-order valence-electron chi connectivity index (χ4n) is 4.81. The Morgan fingerprint density at radius 2 is 1.86 bits per heavy atom. The normalized spacial score (nSPS) is 19.7. The summed E-state index contributed by atoms with van der Waals surface area (Å²) in [5, 5.41) is 9.08. The van der Waals surface area contributed by atoms with Gasteiger partial charge in [0.2, 0.25) is 0 Å². The Morgan fingerprint density at radius 1 is 1.14 bits per heavy atom. The van der Waals surface area contributed by atoms with Gasteiger partial charge in [-0.3, -0.25) is 4.79 Å². The zero-order valence-corrected chi connectivity index (χ0v) is 17.0. The third-order valence-electron chi connectivity index (χ3n) is 6.28. The number of carboxylic acids is 1. The van der Waals surface area contributed by atoms with Crippen molar-refractivity contribution in [2.24, 2.45) is 5.41 Å². The minimum atomic E-state index is -0.829. The summed E-state index contributed by atoms with van der Waals surface area (Å²) in [4.78, 5) is 11.1. The smallest absolute Gasteiger partial charge is 0.304 e. The number of carboxylic acid groups (broad SMARTS) is 1. The Balaban J connectivity index is 1.57. The molecule has 150 valence electrons. The first-order chi connectivity index (χ1) is 13.6. The second kappa shape index (κ2) is 9.82. The van der Waals surface area contributed by atoms with Crippen LogP contribution >= 0.6 is 0 Å². The molecule has 2 aliphatic rings. The van der Waals surface area contributed by atoms with E-state index in [1.807, 2.05) is 24.3 Å². The molecule has 3 heteroatoms. The van der Waals surface area contributed by atoms with Crippen LogP contribution in [-0.2, 0) is 4.79 Å². The van der Waals surface area contributed by atoms with Crippen LogP contribution in [0.1, 0.15) is 82.6 Å². The van der Waals surface area contributed by atoms with Gasteiger partial charge in [-0.2, -0.15) is 0 Å². The highest BCUT2D eigenvalue weighted by atomic mass is 16.5. The van der Waals surface area contributed by atoms with E-state index in [1.54, 1.807) is 6.92 Å². The molecule has 0 bridgehead atoms. The fourth-order valence-corrected chi connectivity index (χ4v) is 4.81. The Labute approximate surface area is 169 Å². The summed E-state index contributed by atoms with van der Waals surface area (Å²) in [6.45, 7) is 2.40. The second-order valence-electron chi connectivity index (χ2n) is 8.39. The third-order valence-corrected chi connectivity index (χ3v) is 6.28. The van der Waals surface area contributed by atoms with Gasteiger partial charge in [-0.25, -0.2) is 0 Å². The standard InChI is InChI=1S/C25H32O3/c1-2-8-22(17-24(26)27)21-10-12-23(13-11-21)28-19-20-9-7-16-25(18-20)14-5-3-4-6-15-25/h9-13,22H,3-7,14-19H2,1H3,(H,26,27). The maximum Gasteiger partial charge on any atom is 0.304 e. The molecule has 0 amide bonds. The van der Waals surface area contributed by atoms with Crippen LogP contribution in [0.5, 0.6) is 5.75 Å². The Kier molecular flexibility index (Phi) is 7.20. The second-order valence-corrected chi connectivity index (χ2v) is 8.39. The van der Waals surface area contributed by atoms with Crippen LogP contribution in [0.2, 0.25) is 0 Å². The minimum absolute atomic E-state index is 0.0238. The van der Waals surface area contributed by atoms with Crippen LogP contribution in [-0.4, -0.2) is 17.7 Å². The quantitative estimate of drug-likeness (QED) is 0.479. The molecule has 1 saturated carbocycles. The van der Waals surface area contributed by atoms with Gasteiger partial charge in [0.25, 0.3) is 0 Å².